The monoisotopic (exact) mass is 558 g/mol. The molecule has 0 atom stereocenters. The van der Waals surface area contributed by atoms with Crippen molar-refractivity contribution < 1.29 is 35.5 Å². The molecule has 0 spiro atoms. The molecule has 0 fully saturated rings. The van der Waals surface area contributed by atoms with E-state index in [1.807, 2.05) is 91.0 Å². The third-order valence-electron chi connectivity index (χ3n) is 4.86. The summed E-state index contributed by atoms with van der Waals surface area (Å²) >= 11 is 0. The van der Waals surface area contributed by atoms with Gasteiger partial charge in [0.15, 0.2) is 0 Å². The van der Waals surface area contributed by atoms with Crippen LogP contribution in [-0.2, 0) is 26.2 Å². The van der Waals surface area contributed by atoms with E-state index in [9.17, 15) is 14.5 Å². The van der Waals surface area contributed by atoms with Crippen molar-refractivity contribution in [2.24, 2.45) is 10.3 Å². The Balaban J connectivity index is 0.00000342. The van der Waals surface area contributed by atoms with Crippen molar-refractivity contribution >= 4 is 35.5 Å². The summed E-state index contributed by atoms with van der Waals surface area (Å²) in [6, 6.07) is 33.3. The maximum Gasteiger partial charge on any atom is 2.00 e. The summed E-state index contributed by atoms with van der Waals surface area (Å²) in [5.41, 5.74) is 0.284. The first-order chi connectivity index (χ1) is 16.6. The van der Waals surface area contributed by atoms with Crippen LogP contribution in [0.2, 0.25) is 0 Å². The number of nitro benzene ring substituents is 1. The average Bonchev–Trinajstić information content (AvgIpc) is 2.88. The smallest absolute Gasteiger partial charge is 0.348 e. The molecule has 6 nitrogen and oxygen atoms in total. The second-order valence-electron chi connectivity index (χ2n) is 7.07. The molecular formula is C26H18FN4O2PZr. The molecule has 4 rings (SSSR count). The summed E-state index contributed by atoms with van der Waals surface area (Å²) in [5.74, 6) is 2.54. The summed E-state index contributed by atoms with van der Waals surface area (Å²) < 4.78 is 13.7. The van der Waals surface area contributed by atoms with Crippen molar-refractivity contribution in [2.45, 2.75) is 0 Å². The van der Waals surface area contributed by atoms with E-state index in [0.29, 0.717) is 0 Å². The van der Waals surface area contributed by atoms with Crippen molar-refractivity contribution in [3.05, 3.63) is 142 Å². The zero-order chi connectivity index (χ0) is 23.8. The molecule has 4 aromatic rings. The predicted molar refractivity (Wildman–Crippen MR) is 133 cm³/mol. The van der Waals surface area contributed by atoms with Crippen molar-refractivity contribution in [1.29, 1.82) is 0 Å². The largest absolute Gasteiger partial charge is 2.00 e. The molecule has 0 saturated carbocycles. The molecule has 0 radical (unpaired) electrons. The standard InChI is InChI=1S/C26H18FN4O2P.Zr/c27-25-17-16-22(20-26(25)31(32)33)28-29-30-34(23-12-6-2-7-13-23,24-14-8-3-9-15-24)19-18-21-10-4-1-5-11-21;/h1-10,12-18,20H;/q-2;+2. The Morgan fingerprint density at radius 2 is 1.57 bits per heavy atom. The van der Waals surface area contributed by atoms with Gasteiger partial charge in [-0.05, 0) is 36.0 Å². The Morgan fingerprint density at radius 3 is 2.14 bits per heavy atom. The zero-order valence-corrected chi connectivity index (χ0v) is 21.7. The minimum atomic E-state index is -2.71. The molecule has 0 N–H and O–H groups in total. The van der Waals surface area contributed by atoms with Crippen LogP contribution < -0.4 is 10.6 Å². The Morgan fingerprint density at radius 1 is 0.943 bits per heavy atom. The summed E-state index contributed by atoms with van der Waals surface area (Å²) in [6.07, 6.45) is 1.83. The third kappa shape index (κ3) is 6.42. The van der Waals surface area contributed by atoms with Crippen LogP contribution >= 0.6 is 7.41 Å². The van der Waals surface area contributed by atoms with Gasteiger partial charge in [-0.2, -0.15) is 16.5 Å². The summed E-state index contributed by atoms with van der Waals surface area (Å²) in [6.45, 7) is 0. The summed E-state index contributed by atoms with van der Waals surface area (Å²) in [5, 5.41) is 25.6. The number of nitro groups is 1. The van der Waals surface area contributed by atoms with Gasteiger partial charge in [0, 0.05) is 6.07 Å². The number of hydrogen-bond donors (Lipinski definition) is 0. The van der Waals surface area contributed by atoms with E-state index in [1.165, 1.54) is 6.07 Å². The summed E-state index contributed by atoms with van der Waals surface area (Å²) in [7, 11) is -2.71. The maximum absolute atomic E-state index is 13.7. The first-order valence-corrected chi connectivity index (χ1v) is 12.0. The quantitative estimate of drug-likeness (QED) is 0.0769. The van der Waals surface area contributed by atoms with Crippen LogP contribution in [0.1, 0.15) is 5.56 Å². The molecule has 170 valence electrons. The van der Waals surface area contributed by atoms with Gasteiger partial charge in [0.1, 0.15) is 0 Å². The normalized spacial score (nSPS) is 11.3. The average molecular weight is 560 g/mol. The van der Waals surface area contributed by atoms with Gasteiger partial charge in [0.25, 0.3) is 0 Å². The van der Waals surface area contributed by atoms with E-state index in [2.05, 4.69) is 27.4 Å². The van der Waals surface area contributed by atoms with E-state index < -0.39 is 23.8 Å². The second-order valence-corrected chi connectivity index (χ2v) is 9.81. The molecule has 0 aliphatic heterocycles. The number of hydrogen-bond acceptors (Lipinski definition) is 4. The van der Waals surface area contributed by atoms with Crippen molar-refractivity contribution in [2.75, 3.05) is 0 Å². The minimum Gasteiger partial charge on any atom is -0.348 e. The van der Waals surface area contributed by atoms with Crippen molar-refractivity contribution in [3.63, 3.8) is 0 Å². The van der Waals surface area contributed by atoms with E-state index >= 15 is 0 Å². The van der Waals surface area contributed by atoms with E-state index in [1.54, 1.807) is 0 Å². The first kappa shape index (κ1) is 26.3. The molecule has 0 heterocycles. The molecule has 0 aliphatic rings. The molecule has 0 unspecified atom stereocenters. The Hall–Kier alpha value is -3.34. The fraction of sp³-hybridized carbons (Fsp3) is 0. The summed E-state index contributed by atoms with van der Waals surface area (Å²) in [4.78, 5) is 10.3. The van der Waals surface area contributed by atoms with Gasteiger partial charge in [-0.1, -0.05) is 42.5 Å². The topological polar surface area (TPSA) is 82.0 Å². The number of halogens is 1. The maximum atomic E-state index is 13.7. The molecule has 35 heavy (non-hydrogen) atoms. The zero-order valence-electron chi connectivity index (χ0n) is 18.3. The van der Waals surface area contributed by atoms with Gasteiger partial charge in [0.05, 0.1) is 22.9 Å². The van der Waals surface area contributed by atoms with Gasteiger partial charge < -0.3 is 10.7 Å². The van der Waals surface area contributed by atoms with Crippen LogP contribution in [0.5, 0.6) is 0 Å². The van der Waals surface area contributed by atoms with Crippen LogP contribution in [0.3, 0.4) is 0 Å². The van der Waals surface area contributed by atoms with Crippen LogP contribution in [0, 0.1) is 27.8 Å². The number of benzene rings is 4. The van der Waals surface area contributed by atoms with E-state index in [0.717, 1.165) is 28.3 Å². The molecule has 0 saturated heterocycles. The fourth-order valence-electron chi connectivity index (χ4n) is 3.21. The van der Waals surface area contributed by atoms with Gasteiger partial charge in [-0.15, -0.1) is 11.9 Å². The van der Waals surface area contributed by atoms with Crippen LogP contribution in [0.4, 0.5) is 15.8 Å². The molecule has 0 aromatic heterocycles. The van der Waals surface area contributed by atoms with Crippen molar-refractivity contribution in [1.82, 2.24) is 0 Å². The number of nitrogens with zero attached hydrogens (tertiary/aromatic N) is 4. The van der Waals surface area contributed by atoms with Crippen LogP contribution in [-0.4, -0.2) is 4.92 Å². The SMILES string of the molecule is O=[N+]([O-])c1cc(N=N[N-][P+]([C-]=Cc2[c-]cccc2)(c2ccccc2)c2ccccc2)ccc1F.[Zr+2]. The Kier molecular flexibility index (Phi) is 9.30. The van der Waals surface area contributed by atoms with Gasteiger partial charge in [-0.3, -0.25) is 16.2 Å². The first-order valence-electron chi connectivity index (χ1n) is 10.2. The minimum absolute atomic E-state index is 0. The molecule has 0 aliphatic carbocycles. The Bertz CT molecular complexity index is 1280. The second kappa shape index (κ2) is 12.4. The van der Waals surface area contributed by atoms with Gasteiger partial charge in [0.2, 0.25) is 5.82 Å². The molecular weight excluding hydrogens is 542 g/mol. The molecule has 4 aromatic carbocycles. The van der Waals surface area contributed by atoms with Gasteiger partial charge >= 0.3 is 31.9 Å². The molecule has 0 amide bonds. The Labute approximate surface area is 222 Å². The molecule has 0 bridgehead atoms. The van der Waals surface area contributed by atoms with Gasteiger partial charge in [-0.25, -0.2) is 22.6 Å². The van der Waals surface area contributed by atoms with Crippen LogP contribution in [0.25, 0.3) is 11.3 Å². The molecule has 9 heteroatoms. The fourth-order valence-corrected chi connectivity index (χ4v) is 5.76. The number of rotatable bonds is 8. The van der Waals surface area contributed by atoms with Crippen molar-refractivity contribution in [3.8, 4) is 0 Å². The predicted octanol–water partition coefficient (Wildman–Crippen LogP) is 6.96. The third-order valence-corrected chi connectivity index (χ3v) is 7.80. The van der Waals surface area contributed by atoms with E-state index in [4.69, 9.17) is 0 Å². The van der Waals surface area contributed by atoms with E-state index in [-0.39, 0.29) is 31.9 Å². The van der Waals surface area contributed by atoms with Crippen LogP contribution in [0.15, 0.2) is 113 Å².